The van der Waals surface area contributed by atoms with Crippen LogP contribution >= 0.6 is 0 Å². The van der Waals surface area contributed by atoms with Crippen LogP contribution in [0, 0.1) is 10.1 Å². The van der Waals surface area contributed by atoms with E-state index in [1.54, 1.807) is 0 Å². The van der Waals surface area contributed by atoms with Crippen molar-refractivity contribution in [1.29, 1.82) is 0 Å². The molecule has 108 valence electrons. The maximum Gasteiger partial charge on any atom is 0.416 e. The number of carbonyl (C=O) groups excluding carboxylic acids is 1. The largest absolute Gasteiger partial charge is 0.416 e. The van der Waals surface area contributed by atoms with Gasteiger partial charge in [-0.3, -0.25) is 14.9 Å². The van der Waals surface area contributed by atoms with E-state index >= 15 is 0 Å². The molecule has 0 radical (unpaired) electrons. The van der Waals surface area contributed by atoms with Gasteiger partial charge in [-0.15, -0.1) is 0 Å². The highest BCUT2D eigenvalue weighted by atomic mass is 19.4. The maximum atomic E-state index is 12.7. The fourth-order valence-electron chi connectivity index (χ4n) is 1.45. The fraction of sp³-hybridized carbons (Fsp3) is 0.250. The third kappa shape index (κ3) is 4.38. The average Bonchev–Trinajstić information content (AvgIpc) is 2.32. The molecule has 0 aliphatic heterocycles. The summed E-state index contributed by atoms with van der Waals surface area (Å²) < 4.78 is 38.2. The normalized spacial score (nSPS) is 11.6. The van der Waals surface area contributed by atoms with Crippen LogP contribution in [-0.2, 0) is 11.0 Å². The van der Waals surface area contributed by atoms with Gasteiger partial charge in [0.25, 0.3) is 5.69 Å². The number of hydrogen-bond acceptors (Lipinski definition) is 3. The van der Waals surface area contributed by atoms with Crippen molar-refractivity contribution in [1.82, 2.24) is 5.32 Å². The molecule has 1 aromatic rings. The van der Waals surface area contributed by atoms with Crippen molar-refractivity contribution in [3.05, 3.63) is 45.5 Å². The van der Waals surface area contributed by atoms with E-state index in [1.807, 2.05) is 0 Å². The van der Waals surface area contributed by atoms with E-state index in [0.717, 1.165) is 18.2 Å². The number of halogens is 3. The van der Waals surface area contributed by atoms with Crippen LogP contribution in [0.5, 0.6) is 0 Å². The maximum absolute atomic E-state index is 12.7. The molecule has 0 aromatic heterocycles. The van der Waals surface area contributed by atoms with Crippen molar-refractivity contribution in [3.63, 3.8) is 0 Å². The topological polar surface area (TPSA) is 72.2 Å². The first-order valence-corrected chi connectivity index (χ1v) is 5.48. The van der Waals surface area contributed by atoms with E-state index in [1.165, 1.54) is 13.0 Å². The highest BCUT2D eigenvalue weighted by Crippen LogP contribution is 2.34. The molecule has 0 saturated carbocycles. The Morgan fingerprint density at radius 1 is 1.45 bits per heavy atom. The molecule has 0 aliphatic rings. The standard InChI is InChI=1S/C12H11F3N2O3/c1-8(18)16-6-2-3-9-7-10(17(19)20)4-5-11(9)12(13,14)15/h2-5,7H,6H2,1H3,(H,16,18). The summed E-state index contributed by atoms with van der Waals surface area (Å²) in [6, 6.07) is 2.30. The minimum atomic E-state index is -4.61. The Morgan fingerprint density at radius 2 is 2.10 bits per heavy atom. The second-order valence-corrected chi connectivity index (χ2v) is 3.87. The van der Waals surface area contributed by atoms with E-state index < -0.39 is 22.4 Å². The molecule has 5 nitrogen and oxygen atoms in total. The fourth-order valence-corrected chi connectivity index (χ4v) is 1.45. The third-order valence-electron chi connectivity index (χ3n) is 2.32. The zero-order chi connectivity index (χ0) is 15.3. The monoisotopic (exact) mass is 288 g/mol. The molecule has 1 rings (SSSR count). The second-order valence-electron chi connectivity index (χ2n) is 3.87. The first kappa shape index (κ1) is 15.7. The van der Waals surface area contributed by atoms with Gasteiger partial charge >= 0.3 is 6.18 Å². The number of rotatable bonds is 4. The number of nitro benzene ring substituents is 1. The van der Waals surface area contributed by atoms with E-state index in [4.69, 9.17) is 0 Å². The molecule has 0 fully saturated rings. The molecule has 0 bridgehead atoms. The average molecular weight is 288 g/mol. The lowest BCUT2D eigenvalue weighted by Crippen LogP contribution is -2.19. The van der Waals surface area contributed by atoms with Crippen LogP contribution in [0.4, 0.5) is 18.9 Å². The Morgan fingerprint density at radius 3 is 2.60 bits per heavy atom. The Balaban J connectivity index is 3.09. The van der Waals surface area contributed by atoms with Crippen molar-refractivity contribution in [2.75, 3.05) is 6.54 Å². The number of carbonyl (C=O) groups is 1. The minimum absolute atomic E-state index is 0.0370. The highest BCUT2D eigenvalue weighted by molar-refractivity contribution is 5.73. The molecule has 8 heteroatoms. The Bertz CT molecular complexity index is 553. The smallest absolute Gasteiger partial charge is 0.353 e. The van der Waals surface area contributed by atoms with Crippen molar-refractivity contribution >= 4 is 17.7 Å². The highest BCUT2D eigenvalue weighted by Gasteiger charge is 2.33. The van der Waals surface area contributed by atoms with E-state index in [0.29, 0.717) is 6.07 Å². The molecule has 0 atom stereocenters. The van der Waals surface area contributed by atoms with Gasteiger partial charge in [-0.2, -0.15) is 13.2 Å². The van der Waals surface area contributed by atoms with Crippen molar-refractivity contribution in [3.8, 4) is 0 Å². The predicted octanol–water partition coefficient (Wildman–Crippen LogP) is 2.76. The molecular formula is C12H11F3N2O3. The molecule has 0 unspecified atom stereocenters. The zero-order valence-corrected chi connectivity index (χ0v) is 10.4. The van der Waals surface area contributed by atoms with E-state index in [-0.39, 0.29) is 18.0 Å². The molecule has 1 aromatic carbocycles. The Kier molecular flexibility index (Phi) is 4.84. The van der Waals surface area contributed by atoms with Gasteiger partial charge in [-0.1, -0.05) is 12.2 Å². The number of amides is 1. The zero-order valence-electron chi connectivity index (χ0n) is 10.4. The molecule has 0 saturated heterocycles. The summed E-state index contributed by atoms with van der Waals surface area (Å²) in [6.07, 6.45) is -2.23. The van der Waals surface area contributed by atoms with Crippen LogP contribution in [-0.4, -0.2) is 17.4 Å². The number of alkyl halides is 3. The molecule has 1 amide bonds. The van der Waals surface area contributed by atoms with Crippen molar-refractivity contribution < 1.29 is 22.9 Å². The summed E-state index contributed by atoms with van der Waals surface area (Å²) in [5.41, 5.74) is -1.73. The number of hydrogen-bond donors (Lipinski definition) is 1. The van der Waals surface area contributed by atoms with E-state index in [2.05, 4.69) is 5.32 Å². The van der Waals surface area contributed by atoms with Crippen LogP contribution in [0.3, 0.4) is 0 Å². The van der Waals surface area contributed by atoms with Crippen LogP contribution in [0.1, 0.15) is 18.1 Å². The first-order valence-electron chi connectivity index (χ1n) is 5.48. The van der Waals surface area contributed by atoms with Crippen LogP contribution in [0.2, 0.25) is 0 Å². The van der Waals surface area contributed by atoms with Gasteiger partial charge in [0.1, 0.15) is 0 Å². The number of nitro groups is 1. The van der Waals surface area contributed by atoms with Gasteiger partial charge in [-0.25, -0.2) is 0 Å². The molecule has 0 aliphatic carbocycles. The molecule has 20 heavy (non-hydrogen) atoms. The lowest BCUT2D eigenvalue weighted by Gasteiger charge is -2.10. The van der Waals surface area contributed by atoms with Crippen molar-refractivity contribution in [2.45, 2.75) is 13.1 Å². The van der Waals surface area contributed by atoms with Gasteiger partial charge in [0.15, 0.2) is 0 Å². The lowest BCUT2D eigenvalue weighted by atomic mass is 10.1. The second kappa shape index (κ2) is 6.18. The summed E-state index contributed by atoms with van der Waals surface area (Å²) in [4.78, 5) is 20.4. The summed E-state index contributed by atoms with van der Waals surface area (Å²) in [7, 11) is 0. The van der Waals surface area contributed by atoms with Gasteiger partial charge in [-0.05, 0) is 11.6 Å². The summed E-state index contributed by atoms with van der Waals surface area (Å²) in [6.45, 7) is 1.30. The third-order valence-corrected chi connectivity index (χ3v) is 2.32. The molecule has 0 heterocycles. The van der Waals surface area contributed by atoms with Crippen molar-refractivity contribution in [2.24, 2.45) is 0 Å². The van der Waals surface area contributed by atoms with Crippen LogP contribution in [0.15, 0.2) is 24.3 Å². The lowest BCUT2D eigenvalue weighted by molar-refractivity contribution is -0.384. The predicted molar refractivity (Wildman–Crippen MR) is 65.8 cm³/mol. The number of nitrogens with one attached hydrogen (secondary N) is 1. The SMILES string of the molecule is CC(=O)NCC=Cc1cc([N+](=O)[O-])ccc1C(F)(F)F. The van der Waals surface area contributed by atoms with Gasteiger partial charge in [0, 0.05) is 25.6 Å². The van der Waals surface area contributed by atoms with Crippen LogP contribution < -0.4 is 5.32 Å². The Hall–Kier alpha value is -2.38. The summed E-state index contributed by atoms with van der Waals surface area (Å²) >= 11 is 0. The Labute approximate surface area is 112 Å². The summed E-state index contributed by atoms with van der Waals surface area (Å²) in [5, 5.41) is 12.9. The van der Waals surface area contributed by atoms with E-state index in [9.17, 15) is 28.1 Å². The quantitative estimate of drug-likeness (QED) is 0.684. The molecular weight excluding hydrogens is 277 g/mol. The minimum Gasteiger partial charge on any atom is -0.353 e. The molecule has 1 N–H and O–H groups in total. The number of non-ortho nitro benzene ring substituents is 1. The van der Waals surface area contributed by atoms with Gasteiger partial charge < -0.3 is 5.32 Å². The summed E-state index contributed by atoms with van der Waals surface area (Å²) in [5.74, 6) is -0.329. The van der Waals surface area contributed by atoms with Crippen LogP contribution in [0.25, 0.3) is 6.08 Å². The number of nitrogens with zero attached hydrogens (tertiary/aromatic N) is 1. The molecule has 0 spiro atoms. The van der Waals surface area contributed by atoms with Gasteiger partial charge in [0.05, 0.1) is 10.5 Å². The first-order chi connectivity index (χ1) is 9.21. The number of benzene rings is 1. The van der Waals surface area contributed by atoms with Gasteiger partial charge in [0.2, 0.25) is 5.91 Å².